The van der Waals surface area contributed by atoms with E-state index in [1.165, 1.54) is 0 Å². The Balaban J connectivity index is 2.70. The molecule has 0 aliphatic carbocycles. The quantitative estimate of drug-likeness (QED) is 0.550. The highest BCUT2D eigenvalue weighted by Gasteiger charge is 2.09. The molecular weight excluding hydrogens is 156 g/mol. The molecule has 3 heteroatoms. The van der Waals surface area contributed by atoms with Crippen LogP contribution in [0, 0.1) is 0 Å². The van der Waals surface area contributed by atoms with Crippen LogP contribution in [0.4, 0.5) is 0 Å². The van der Waals surface area contributed by atoms with Gasteiger partial charge in [0.05, 0.1) is 4.36 Å². The van der Waals surface area contributed by atoms with Crippen LogP contribution >= 0.6 is 23.4 Å². The molecule has 50 valence electrons. The number of carbonyl (C=O) groups is 1. The van der Waals surface area contributed by atoms with Gasteiger partial charge >= 0.3 is 0 Å². The molecule has 0 amide bonds. The van der Waals surface area contributed by atoms with Crippen LogP contribution in [-0.4, -0.2) is 12.0 Å². The van der Waals surface area contributed by atoms with Gasteiger partial charge in [0, 0.05) is 5.57 Å². The lowest BCUT2D eigenvalue weighted by Crippen LogP contribution is -1.95. The molecule has 1 heterocycles. The fourth-order valence-corrected chi connectivity index (χ4v) is 1.89. The summed E-state index contributed by atoms with van der Waals surface area (Å²) < 4.78 is 0.691. The monoisotopic (exact) mass is 162 g/mol. The van der Waals surface area contributed by atoms with E-state index in [1.807, 2.05) is 0 Å². The van der Waals surface area contributed by atoms with E-state index in [1.54, 1.807) is 11.8 Å². The standard InChI is InChI=1S/C6H7ClOS/c7-6-5(4-8)2-1-3-9-6/h4H,1-3H2. The SMILES string of the molecule is O=CC1=C(Cl)SCCC1. The lowest BCUT2D eigenvalue weighted by atomic mass is 10.2. The Kier molecular flexibility index (Phi) is 2.61. The molecular formula is C6H7ClOS. The molecule has 1 aliphatic heterocycles. The van der Waals surface area contributed by atoms with Gasteiger partial charge in [-0.3, -0.25) is 4.79 Å². The summed E-state index contributed by atoms with van der Waals surface area (Å²) in [6.07, 6.45) is 2.79. The number of rotatable bonds is 1. The predicted molar refractivity (Wildman–Crippen MR) is 40.6 cm³/mol. The van der Waals surface area contributed by atoms with Gasteiger partial charge in [-0.2, -0.15) is 0 Å². The van der Waals surface area contributed by atoms with Crippen molar-refractivity contribution in [3.05, 3.63) is 9.94 Å². The number of hydrogen-bond acceptors (Lipinski definition) is 2. The van der Waals surface area contributed by atoms with Crippen molar-refractivity contribution in [2.75, 3.05) is 5.75 Å². The molecule has 0 aromatic carbocycles. The van der Waals surface area contributed by atoms with Crippen molar-refractivity contribution >= 4 is 29.6 Å². The summed E-state index contributed by atoms with van der Waals surface area (Å²) in [5.74, 6) is 1.05. The maximum absolute atomic E-state index is 10.2. The second-order valence-electron chi connectivity index (χ2n) is 1.87. The Morgan fingerprint density at radius 3 is 2.89 bits per heavy atom. The van der Waals surface area contributed by atoms with Crippen molar-refractivity contribution in [1.29, 1.82) is 0 Å². The zero-order valence-electron chi connectivity index (χ0n) is 4.89. The highest BCUT2D eigenvalue weighted by molar-refractivity contribution is 8.04. The fraction of sp³-hybridized carbons (Fsp3) is 0.500. The number of hydrogen-bond donors (Lipinski definition) is 0. The van der Waals surface area contributed by atoms with Gasteiger partial charge < -0.3 is 0 Å². The molecule has 0 spiro atoms. The van der Waals surface area contributed by atoms with Gasteiger partial charge in [0.2, 0.25) is 0 Å². The van der Waals surface area contributed by atoms with Crippen molar-refractivity contribution in [2.45, 2.75) is 12.8 Å². The number of allylic oxidation sites excluding steroid dienone is 1. The molecule has 0 atom stereocenters. The maximum atomic E-state index is 10.2. The second-order valence-corrected chi connectivity index (χ2v) is 3.58. The lowest BCUT2D eigenvalue weighted by Gasteiger charge is -2.09. The topological polar surface area (TPSA) is 17.1 Å². The summed E-state index contributed by atoms with van der Waals surface area (Å²) in [7, 11) is 0. The van der Waals surface area contributed by atoms with Gasteiger partial charge in [0.1, 0.15) is 6.29 Å². The molecule has 1 aliphatic rings. The van der Waals surface area contributed by atoms with Gasteiger partial charge in [0.15, 0.2) is 0 Å². The Labute approximate surface area is 63.5 Å². The Morgan fingerprint density at radius 1 is 1.67 bits per heavy atom. The van der Waals surface area contributed by atoms with Crippen molar-refractivity contribution < 1.29 is 4.79 Å². The van der Waals surface area contributed by atoms with Crippen LogP contribution in [0.5, 0.6) is 0 Å². The van der Waals surface area contributed by atoms with E-state index in [9.17, 15) is 4.79 Å². The van der Waals surface area contributed by atoms with Crippen LogP contribution in [0.2, 0.25) is 0 Å². The largest absolute Gasteiger partial charge is 0.298 e. The van der Waals surface area contributed by atoms with Crippen molar-refractivity contribution in [2.24, 2.45) is 0 Å². The number of aldehydes is 1. The highest BCUT2D eigenvalue weighted by Crippen LogP contribution is 2.31. The van der Waals surface area contributed by atoms with E-state index >= 15 is 0 Å². The molecule has 0 bridgehead atoms. The summed E-state index contributed by atoms with van der Waals surface area (Å²) in [5.41, 5.74) is 0.771. The van der Waals surface area contributed by atoms with Crippen LogP contribution in [0.1, 0.15) is 12.8 Å². The minimum absolute atomic E-state index is 0.691. The first kappa shape index (κ1) is 7.16. The number of thioether (sulfide) groups is 1. The molecule has 1 rings (SSSR count). The highest BCUT2D eigenvalue weighted by atomic mass is 35.5. The average molecular weight is 163 g/mol. The van der Waals surface area contributed by atoms with E-state index in [0.717, 1.165) is 30.5 Å². The molecule has 0 radical (unpaired) electrons. The number of carbonyl (C=O) groups excluding carboxylic acids is 1. The van der Waals surface area contributed by atoms with Crippen LogP contribution in [0.25, 0.3) is 0 Å². The van der Waals surface area contributed by atoms with Crippen molar-refractivity contribution in [3.8, 4) is 0 Å². The third-order valence-corrected chi connectivity index (χ3v) is 2.79. The molecule has 9 heavy (non-hydrogen) atoms. The summed E-state index contributed by atoms with van der Waals surface area (Å²) in [4.78, 5) is 10.2. The van der Waals surface area contributed by atoms with Gasteiger partial charge in [-0.05, 0) is 18.6 Å². The lowest BCUT2D eigenvalue weighted by molar-refractivity contribution is -0.105. The Hall–Kier alpha value is 0.0500. The summed E-state index contributed by atoms with van der Waals surface area (Å²) in [5, 5.41) is 0. The van der Waals surface area contributed by atoms with Gasteiger partial charge in [-0.15, -0.1) is 11.8 Å². The first-order valence-corrected chi connectivity index (χ1v) is 4.17. The van der Waals surface area contributed by atoms with Crippen LogP contribution < -0.4 is 0 Å². The van der Waals surface area contributed by atoms with E-state index < -0.39 is 0 Å². The van der Waals surface area contributed by atoms with Gasteiger partial charge in [-0.25, -0.2) is 0 Å². The normalized spacial score (nSPS) is 20.1. The number of halogens is 1. The van der Waals surface area contributed by atoms with Crippen molar-refractivity contribution in [3.63, 3.8) is 0 Å². The molecule has 0 aromatic heterocycles. The van der Waals surface area contributed by atoms with Gasteiger partial charge in [-0.1, -0.05) is 11.6 Å². The smallest absolute Gasteiger partial charge is 0.148 e. The van der Waals surface area contributed by atoms with Crippen LogP contribution in [0.15, 0.2) is 9.94 Å². The summed E-state index contributed by atoms with van der Waals surface area (Å²) in [6, 6.07) is 0. The molecule has 0 N–H and O–H groups in total. The minimum atomic E-state index is 0.691. The molecule has 0 fully saturated rings. The molecule has 0 unspecified atom stereocenters. The third kappa shape index (κ3) is 1.73. The van der Waals surface area contributed by atoms with E-state index in [2.05, 4.69) is 0 Å². The van der Waals surface area contributed by atoms with E-state index in [0.29, 0.717) is 4.36 Å². The van der Waals surface area contributed by atoms with Gasteiger partial charge in [0.25, 0.3) is 0 Å². The third-order valence-electron chi connectivity index (χ3n) is 1.21. The second kappa shape index (κ2) is 3.28. The average Bonchev–Trinajstić information content (AvgIpc) is 1.89. The fourth-order valence-electron chi connectivity index (χ4n) is 0.721. The zero-order chi connectivity index (χ0) is 6.69. The molecule has 0 aromatic rings. The molecule has 1 nitrogen and oxygen atoms in total. The minimum Gasteiger partial charge on any atom is -0.298 e. The maximum Gasteiger partial charge on any atom is 0.148 e. The van der Waals surface area contributed by atoms with E-state index in [-0.39, 0.29) is 0 Å². The van der Waals surface area contributed by atoms with Crippen LogP contribution in [0.3, 0.4) is 0 Å². The predicted octanol–water partition coefficient (Wildman–Crippen LogP) is 2.16. The first-order chi connectivity index (χ1) is 4.34. The molecule has 0 saturated heterocycles. The summed E-state index contributed by atoms with van der Waals surface area (Å²) >= 11 is 7.26. The molecule has 0 saturated carbocycles. The Morgan fingerprint density at radius 2 is 2.44 bits per heavy atom. The zero-order valence-corrected chi connectivity index (χ0v) is 6.47. The first-order valence-electron chi connectivity index (χ1n) is 2.81. The van der Waals surface area contributed by atoms with E-state index in [4.69, 9.17) is 11.6 Å². The van der Waals surface area contributed by atoms with Crippen LogP contribution in [-0.2, 0) is 4.79 Å². The Bertz CT molecular complexity index is 153. The van der Waals surface area contributed by atoms with Crippen molar-refractivity contribution in [1.82, 2.24) is 0 Å². The summed E-state index contributed by atoms with van der Waals surface area (Å²) in [6.45, 7) is 0.